The Hall–Kier alpha value is -2.42. The third-order valence-corrected chi connectivity index (χ3v) is 6.49. The first-order chi connectivity index (χ1) is 15.3. The van der Waals surface area contributed by atoms with Crippen molar-refractivity contribution >= 4 is 16.1 Å². The Labute approximate surface area is 184 Å². The van der Waals surface area contributed by atoms with Gasteiger partial charge in [0.1, 0.15) is 13.2 Å². The number of sulfonamides is 1. The Morgan fingerprint density at radius 2 is 1.64 bits per heavy atom. The van der Waals surface area contributed by atoms with E-state index in [1.54, 1.807) is 0 Å². The summed E-state index contributed by atoms with van der Waals surface area (Å²) in [5.74, 6) is 0.409. The van der Waals surface area contributed by atoms with E-state index in [0.29, 0.717) is 12.4 Å². The van der Waals surface area contributed by atoms with E-state index in [1.807, 2.05) is 0 Å². The molecule has 0 saturated carbocycles. The van der Waals surface area contributed by atoms with Gasteiger partial charge in [-0.05, 0) is 30.9 Å². The topological polar surface area (TPSA) is 94.2 Å². The lowest BCUT2D eigenvalue weighted by molar-refractivity contribution is -0.308. The van der Waals surface area contributed by atoms with Crippen LogP contribution in [0.15, 0.2) is 23.1 Å². The van der Waals surface area contributed by atoms with Crippen LogP contribution in [0.1, 0.15) is 12.8 Å². The van der Waals surface area contributed by atoms with Crippen LogP contribution in [0.3, 0.4) is 0 Å². The maximum Gasteiger partial charge on any atom is 0.434 e. The number of rotatable bonds is 5. The van der Waals surface area contributed by atoms with Gasteiger partial charge in [-0.1, -0.05) is 0 Å². The molecule has 0 spiro atoms. The van der Waals surface area contributed by atoms with Crippen LogP contribution in [0.2, 0.25) is 0 Å². The lowest BCUT2D eigenvalue weighted by atomic mass is 9.97. The van der Waals surface area contributed by atoms with E-state index in [9.17, 15) is 39.6 Å². The normalized spacial score (nSPS) is 17.8. The number of carbonyl (C=O) groups is 1. The standard InChI is InChI=1S/C18H20F6N2O6S/c19-17(20,21)15(18(22,23)24)32-16(27)26-5-3-11(4-6-26)10-25-33(28,29)12-1-2-13-14(9-12)31-8-7-30-13/h1-2,9,11,15,25H,3-8,10H2. The summed E-state index contributed by atoms with van der Waals surface area (Å²) in [6, 6.07) is 4.11. The zero-order valence-electron chi connectivity index (χ0n) is 16.9. The molecule has 1 fully saturated rings. The highest BCUT2D eigenvalue weighted by Gasteiger charge is 2.60. The molecule has 0 atom stereocenters. The first-order valence-electron chi connectivity index (χ1n) is 9.75. The quantitative estimate of drug-likeness (QED) is 0.617. The van der Waals surface area contributed by atoms with Crippen LogP contribution in [0.25, 0.3) is 0 Å². The van der Waals surface area contributed by atoms with Gasteiger partial charge in [0.25, 0.3) is 6.10 Å². The number of likely N-dealkylation sites (tertiary alicyclic amines) is 1. The summed E-state index contributed by atoms with van der Waals surface area (Å²) >= 11 is 0. The SMILES string of the molecule is O=C(OC(C(F)(F)F)C(F)(F)F)N1CCC(CNS(=O)(=O)c2ccc3c(c2)OCCO3)CC1. The monoisotopic (exact) mass is 506 g/mol. The average molecular weight is 506 g/mol. The fraction of sp³-hybridized carbons (Fsp3) is 0.611. The van der Waals surface area contributed by atoms with Gasteiger partial charge >= 0.3 is 18.4 Å². The number of halogens is 6. The van der Waals surface area contributed by atoms with E-state index in [1.165, 1.54) is 18.2 Å². The summed E-state index contributed by atoms with van der Waals surface area (Å²) in [4.78, 5) is 12.5. The number of nitrogens with zero attached hydrogens (tertiary/aromatic N) is 1. The predicted molar refractivity (Wildman–Crippen MR) is 99.3 cm³/mol. The molecule has 0 unspecified atom stereocenters. The maximum absolute atomic E-state index is 12.6. The first-order valence-corrected chi connectivity index (χ1v) is 11.2. The predicted octanol–water partition coefficient (Wildman–Crippen LogP) is 3.08. The van der Waals surface area contributed by atoms with Gasteiger partial charge in [-0.25, -0.2) is 17.9 Å². The largest absolute Gasteiger partial charge is 0.486 e. The van der Waals surface area contributed by atoms with Gasteiger partial charge in [-0.2, -0.15) is 26.3 Å². The first kappa shape index (κ1) is 25.2. The average Bonchev–Trinajstić information content (AvgIpc) is 2.74. The van der Waals surface area contributed by atoms with Crippen molar-refractivity contribution in [3.05, 3.63) is 18.2 Å². The molecule has 0 aromatic heterocycles. The number of amides is 1. The number of piperidine rings is 1. The van der Waals surface area contributed by atoms with Gasteiger partial charge in [0.2, 0.25) is 10.0 Å². The van der Waals surface area contributed by atoms with Crippen molar-refractivity contribution in [1.29, 1.82) is 0 Å². The molecule has 0 bridgehead atoms. The number of carbonyl (C=O) groups excluding carboxylic acids is 1. The molecule has 1 saturated heterocycles. The van der Waals surface area contributed by atoms with Crippen molar-refractivity contribution in [1.82, 2.24) is 9.62 Å². The van der Waals surface area contributed by atoms with Crippen LogP contribution in [-0.2, 0) is 14.8 Å². The molecule has 33 heavy (non-hydrogen) atoms. The highest BCUT2D eigenvalue weighted by molar-refractivity contribution is 7.89. The Morgan fingerprint density at radius 1 is 1.06 bits per heavy atom. The van der Waals surface area contributed by atoms with Crippen LogP contribution in [0, 0.1) is 5.92 Å². The molecule has 186 valence electrons. The van der Waals surface area contributed by atoms with Crippen molar-refractivity contribution in [2.24, 2.45) is 5.92 Å². The van der Waals surface area contributed by atoms with Crippen LogP contribution in [0.4, 0.5) is 31.1 Å². The Bertz CT molecular complexity index is 946. The van der Waals surface area contributed by atoms with E-state index in [-0.39, 0.29) is 55.6 Å². The molecule has 2 aliphatic rings. The third-order valence-electron chi connectivity index (χ3n) is 5.07. The molecule has 15 heteroatoms. The van der Waals surface area contributed by atoms with Gasteiger partial charge in [-0.3, -0.25) is 0 Å². The smallest absolute Gasteiger partial charge is 0.434 e. The summed E-state index contributed by atoms with van der Waals surface area (Å²) in [5, 5.41) is 0. The van der Waals surface area contributed by atoms with Crippen LogP contribution in [-0.4, -0.2) is 70.7 Å². The van der Waals surface area contributed by atoms with Crippen molar-refractivity contribution in [3.63, 3.8) is 0 Å². The molecule has 0 aliphatic carbocycles. The maximum atomic E-state index is 12.6. The minimum atomic E-state index is -5.79. The van der Waals surface area contributed by atoms with Gasteiger partial charge in [0.05, 0.1) is 4.90 Å². The summed E-state index contributed by atoms with van der Waals surface area (Å²) in [7, 11) is -3.91. The lowest BCUT2D eigenvalue weighted by Gasteiger charge is -2.33. The molecule has 2 aliphatic heterocycles. The second kappa shape index (κ2) is 9.44. The Kier molecular flexibility index (Phi) is 7.21. The van der Waals surface area contributed by atoms with Gasteiger partial charge < -0.3 is 19.1 Å². The summed E-state index contributed by atoms with van der Waals surface area (Å²) < 4.78 is 117. The molecular weight excluding hydrogens is 486 g/mol. The molecule has 1 aromatic carbocycles. The van der Waals surface area contributed by atoms with E-state index in [2.05, 4.69) is 9.46 Å². The summed E-state index contributed by atoms with van der Waals surface area (Å²) in [6.07, 6.45) is -17.2. The van der Waals surface area contributed by atoms with E-state index >= 15 is 0 Å². The second-order valence-electron chi connectivity index (χ2n) is 7.43. The molecule has 2 heterocycles. The van der Waals surface area contributed by atoms with E-state index in [0.717, 1.165) is 4.90 Å². The molecule has 1 amide bonds. The Morgan fingerprint density at radius 3 is 2.21 bits per heavy atom. The zero-order chi connectivity index (χ0) is 24.4. The van der Waals surface area contributed by atoms with Gasteiger partial charge in [-0.15, -0.1) is 0 Å². The number of hydrogen-bond acceptors (Lipinski definition) is 6. The molecule has 0 radical (unpaired) electrons. The van der Waals surface area contributed by atoms with Crippen LogP contribution in [0.5, 0.6) is 11.5 Å². The van der Waals surface area contributed by atoms with Crippen molar-refractivity contribution < 1.29 is 53.8 Å². The Balaban J connectivity index is 1.51. The van der Waals surface area contributed by atoms with Crippen LogP contribution >= 0.6 is 0 Å². The van der Waals surface area contributed by atoms with E-state index in [4.69, 9.17) is 9.47 Å². The molecule has 1 aromatic rings. The van der Waals surface area contributed by atoms with Gasteiger partial charge in [0, 0.05) is 25.7 Å². The molecular formula is C18H20F6N2O6S. The molecule has 3 rings (SSSR count). The number of fused-ring (bicyclic) bond motifs is 1. The zero-order valence-corrected chi connectivity index (χ0v) is 17.7. The molecule has 1 N–H and O–H groups in total. The number of benzene rings is 1. The van der Waals surface area contributed by atoms with Crippen molar-refractivity contribution in [3.8, 4) is 11.5 Å². The van der Waals surface area contributed by atoms with Crippen LogP contribution < -0.4 is 14.2 Å². The van der Waals surface area contributed by atoms with Gasteiger partial charge in [0.15, 0.2) is 11.5 Å². The highest BCUT2D eigenvalue weighted by Crippen LogP contribution is 2.36. The number of hydrogen-bond donors (Lipinski definition) is 1. The molecule has 8 nitrogen and oxygen atoms in total. The lowest BCUT2D eigenvalue weighted by Crippen LogP contribution is -2.49. The minimum absolute atomic E-state index is 0.0343. The fourth-order valence-corrected chi connectivity index (χ4v) is 4.45. The summed E-state index contributed by atoms with van der Waals surface area (Å²) in [5.41, 5.74) is 0. The third kappa shape index (κ3) is 6.34. The number of alkyl halides is 6. The van der Waals surface area contributed by atoms with E-state index < -0.39 is 34.6 Å². The number of ether oxygens (including phenoxy) is 3. The fourth-order valence-electron chi connectivity index (χ4n) is 3.32. The summed E-state index contributed by atoms with van der Waals surface area (Å²) in [6.45, 7) is 0.219. The highest BCUT2D eigenvalue weighted by atomic mass is 32.2. The van der Waals surface area contributed by atoms with Crippen molar-refractivity contribution in [2.75, 3.05) is 32.8 Å². The minimum Gasteiger partial charge on any atom is -0.486 e. The second-order valence-corrected chi connectivity index (χ2v) is 9.20. The number of nitrogens with one attached hydrogen (secondary N) is 1. The van der Waals surface area contributed by atoms with Crippen molar-refractivity contribution in [2.45, 2.75) is 36.2 Å².